The summed E-state index contributed by atoms with van der Waals surface area (Å²) in [5.74, 6) is 0. The van der Waals surface area contributed by atoms with Gasteiger partial charge in [-0.05, 0) is 50.1 Å². The number of nitrogens with one attached hydrogen (secondary N) is 1. The van der Waals surface area contributed by atoms with E-state index in [-0.39, 0.29) is 0 Å². The second-order valence-corrected chi connectivity index (χ2v) is 6.23. The summed E-state index contributed by atoms with van der Waals surface area (Å²) < 4.78 is 2.08. The lowest BCUT2D eigenvalue weighted by atomic mass is 10.1. The second kappa shape index (κ2) is 7.10. The van der Waals surface area contributed by atoms with Crippen LogP contribution < -0.4 is 5.32 Å². The number of hydrogen-bond donors (Lipinski definition) is 1. The highest BCUT2D eigenvalue weighted by atomic mass is 35.5. The van der Waals surface area contributed by atoms with Crippen molar-refractivity contribution in [1.29, 1.82) is 0 Å². The molecule has 0 aliphatic rings. The van der Waals surface area contributed by atoms with Crippen LogP contribution in [0, 0.1) is 13.8 Å². The van der Waals surface area contributed by atoms with Crippen molar-refractivity contribution in [1.82, 2.24) is 15.1 Å². The van der Waals surface area contributed by atoms with Crippen molar-refractivity contribution in [3.05, 3.63) is 51.8 Å². The van der Waals surface area contributed by atoms with Crippen LogP contribution in [0.2, 0.25) is 5.02 Å². The zero-order valence-corrected chi connectivity index (χ0v) is 14.0. The van der Waals surface area contributed by atoms with Crippen LogP contribution in [0.4, 0.5) is 0 Å². The first-order chi connectivity index (χ1) is 9.97. The fourth-order valence-electron chi connectivity index (χ4n) is 2.54. The van der Waals surface area contributed by atoms with Crippen molar-refractivity contribution in [3.8, 4) is 0 Å². The molecule has 0 aliphatic carbocycles. The molecule has 2 rings (SSSR count). The van der Waals surface area contributed by atoms with Gasteiger partial charge >= 0.3 is 0 Å². The normalized spacial score (nSPS) is 11.3. The molecule has 0 spiro atoms. The van der Waals surface area contributed by atoms with Gasteiger partial charge in [-0.15, -0.1) is 0 Å². The molecule has 1 aromatic heterocycles. The summed E-state index contributed by atoms with van der Waals surface area (Å²) in [6.07, 6.45) is 1.02. The van der Waals surface area contributed by atoms with E-state index in [1.54, 1.807) is 0 Å². The van der Waals surface area contributed by atoms with Gasteiger partial charge in [-0.1, -0.05) is 37.6 Å². The average Bonchev–Trinajstić information content (AvgIpc) is 2.66. The van der Waals surface area contributed by atoms with Gasteiger partial charge in [-0.2, -0.15) is 5.10 Å². The largest absolute Gasteiger partial charge is 0.314 e. The third kappa shape index (κ3) is 4.32. The van der Waals surface area contributed by atoms with Crippen LogP contribution in [0.1, 0.15) is 36.4 Å². The van der Waals surface area contributed by atoms with E-state index in [9.17, 15) is 0 Å². The van der Waals surface area contributed by atoms with Crippen LogP contribution in [-0.2, 0) is 13.0 Å². The quantitative estimate of drug-likeness (QED) is 0.881. The Bertz CT molecular complexity index is 602. The molecule has 21 heavy (non-hydrogen) atoms. The van der Waals surface area contributed by atoms with Crippen molar-refractivity contribution < 1.29 is 0 Å². The van der Waals surface area contributed by atoms with Gasteiger partial charge in [0.25, 0.3) is 0 Å². The van der Waals surface area contributed by atoms with Crippen LogP contribution >= 0.6 is 11.6 Å². The van der Waals surface area contributed by atoms with Crippen molar-refractivity contribution in [3.63, 3.8) is 0 Å². The third-order valence-corrected chi connectivity index (χ3v) is 3.92. The van der Waals surface area contributed by atoms with Gasteiger partial charge in [0.1, 0.15) is 0 Å². The molecule has 0 saturated carbocycles. The molecule has 0 aliphatic heterocycles. The summed E-state index contributed by atoms with van der Waals surface area (Å²) >= 11 is 6.05. The van der Waals surface area contributed by atoms with Gasteiger partial charge in [-0.3, -0.25) is 4.68 Å². The average molecular weight is 306 g/mol. The first kappa shape index (κ1) is 16.1. The van der Waals surface area contributed by atoms with Crippen LogP contribution in [0.15, 0.2) is 24.3 Å². The molecule has 1 aromatic carbocycles. The minimum atomic E-state index is 0.520. The number of aromatic nitrogens is 2. The molecule has 0 atom stereocenters. The van der Waals surface area contributed by atoms with Crippen molar-refractivity contribution in [2.75, 3.05) is 6.54 Å². The lowest BCUT2D eigenvalue weighted by molar-refractivity contribution is 0.588. The predicted octanol–water partition coefficient (Wildman–Crippen LogP) is 3.74. The molecule has 3 nitrogen and oxygen atoms in total. The molecule has 2 aromatic rings. The van der Waals surface area contributed by atoms with Crippen LogP contribution in [0.5, 0.6) is 0 Å². The first-order valence-electron chi connectivity index (χ1n) is 7.48. The summed E-state index contributed by atoms with van der Waals surface area (Å²) in [5.41, 5.74) is 4.91. The SMILES string of the molecule is Cc1nn(Cc2cccc(Cl)c2)c(C)c1CCNC(C)C. The van der Waals surface area contributed by atoms with E-state index in [0.717, 1.165) is 30.2 Å². The van der Waals surface area contributed by atoms with E-state index in [4.69, 9.17) is 11.6 Å². The third-order valence-electron chi connectivity index (χ3n) is 3.68. The number of rotatable bonds is 6. The molecule has 0 unspecified atom stereocenters. The highest BCUT2D eigenvalue weighted by Crippen LogP contribution is 2.17. The van der Waals surface area contributed by atoms with Crippen LogP contribution in [0.25, 0.3) is 0 Å². The van der Waals surface area contributed by atoms with E-state index in [1.807, 2.05) is 18.2 Å². The maximum Gasteiger partial charge on any atom is 0.0663 e. The van der Waals surface area contributed by atoms with E-state index in [0.29, 0.717) is 6.04 Å². The van der Waals surface area contributed by atoms with E-state index in [1.165, 1.54) is 16.8 Å². The zero-order valence-electron chi connectivity index (χ0n) is 13.3. The lowest BCUT2D eigenvalue weighted by Crippen LogP contribution is -2.25. The van der Waals surface area contributed by atoms with Gasteiger partial charge in [-0.25, -0.2) is 0 Å². The van der Waals surface area contributed by atoms with Gasteiger partial charge in [0.2, 0.25) is 0 Å². The molecular formula is C17H24ClN3. The molecule has 0 amide bonds. The van der Waals surface area contributed by atoms with E-state index >= 15 is 0 Å². The Morgan fingerprint density at radius 3 is 2.71 bits per heavy atom. The minimum Gasteiger partial charge on any atom is -0.314 e. The Hall–Kier alpha value is -1.32. The molecule has 1 N–H and O–H groups in total. The highest BCUT2D eigenvalue weighted by Gasteiger charge is 2.11. The molecule has 0 radical (unpaired) electrons. The standard InChI is InChI=1S/C17H24ClN3/c1-12(2)19-9-8-17-13(3)20-21(14(17)4)11-15-6-5-7-16(18)10-15/h5-7,10,12,19H,8-9,11H2,1-4H3. The predicted molar refractivity (Wildman–Crippen MR) is 89.1 cm³/mol. The Kier molecular flexibility index (Phi) is 5.43. The summed E-state index contributed by atoms with van der Waals surface area (Å²) in [6, 6.07) is 8.49. The fraction of sp³-hybridized carbons (Fsp3) is 0.471. The summed E-state index contributed by atoms with van der Waals surface area (Å²) in [6.45, 7) is 10.3. The van der Waals surface area contributed by atoms with Crippen LogP contribution in [0.3, 0.4) is 0 Å². The highest BCUT2D eigenvalue weighted by molar-refractivity contribution is 6.30. The molecule has 114 valence electrons. The monoisotopic (exact) mass is 305 g/mol. The first-order valence-corrected chi connectivity index (χ1v) is 7.86. The molecule has 0 bridgehead atoms. The fourth-order valence-corrected chi connectivity index (χ4v) is 2.76. The second-order valence-electron chi connectivity index (χ2n) is 5.80. The Morgan fingerprint density at radius 2 is 2.05 bits per heavy atom. The number of benzene rings is 1. The Labute approximate surface area is 132 Å². The van der Waals surface area contributed by atoms with Crippen LogP contribution in [-0.4, -0.2) is 22.4 Å². The van der Waals surface area contributed by atoms with Crippen molar-refractivity contribution >= 4 is 11.6 Å². The molecule has 0 saturated heterocycles. The van der Waals surface area contributed by atoms with Gasteiger partial charge < -0.3 is 5.32 Å². The maximum atomic E-state index is 6.05. The topological polar surface area (TPSA) is 29.9 Å². The van der Waals surface area contributed by atoms with Gasteiger partial charge in [0.15, 0.2) is 0 Å². The maximum absolute atomic E-state index is 6.05. The number of hydrogen-bond acceptors (Lipinski definition) is 2. The van der Waals surface area contributed by atoms with E-state index in [2.05, 4.69) is 48.9 Å². The smallest absolute Gasteiger partial charge is 0.0663 e. The number of halogens is 1. The number of nitrogens with zero attached hydrogens (tertiary/aromatic N) is 2. The van der Waals surface area contributed by atoms with E-state index < -0.39 is 0 Å². The van der Waals surface area contributed by atoms with Gasteiger partial charge in [0.05, 0.1) is 12.2 Å². The molecule has 1 heterocycles. The van der Waals surface area contributed by atoms with Crippen molar-refractivity contribution in [2.45, 2.75) is 46.7 Å². The number of aryl methyl sites for hydroxylation is 1. The molecule has 0 fully saturated rings. The summed E-state index contributed by atoms with van der Waals surface area (Å²) in [5, 5.41) is 8.91. The summed E-state index contributed by atoms with van der Waals surface area (Å²) in [7, 11) is 0. The molecule has 4 heteroatoms. The zero-order chi connectivity index (χ0) is 15.4. The lowest BCUT2D eigenvalue weighted by Gasteiger charge is -2.09. The van der Waals surface area contributed by atoms with Gasteiger partial charge in [0, 0.05) is 16.8 Å². The Balaban J connectivity index is 2.11. The molecular weight excluding hydrogens is 282 g/mol. The minimum absolute atomic E-state index is 0.520. The Morgan fingerprint density at radius 1 is 1.29 bits per heavy atom. The summed E-state index contributed by atoms with van der Waals surface area (Å²) in [4.78, 5) is 0. The van der Waals surface area contributed by atoms with Crippen molar-refractivity contribution in [2.24, 2.45) is 0 Å².